The summed E-state index contributed by atoms with van der Waals surface area (Å²) in [6.07, 6.45) is 1.58. The van der Waals surface area contributed by atoms with Crippen molar-refractivity contribution >= 4 is 23.5 Å². The van der Waals surface area contributed by atoms with Gasteiger partial charge in [0.1, 0.15) is 10.6 Å². The van der Waals surface area contributed by atoms with Gasteiger partial charge in [-0.1, -0.05) is 0 Å². The van der Waals surface area contributed by atoms with Gasteiger partial charge in [0.05, 0.1) is 24.0 Å². The summed E-state index contributed by atoms with van der Waals surface area (Å²) in [5.41, 5.74) is 4.10. The summed E-state index contributed by atoms with van der Waals surface area (Å²) in [7, 11) is 1.61. The number of hydrazone groups is 1. The summed E-state index contributed by atoms with van der Waals surface area (Å²) in [5.74, 6) is 0.541. The molecule has 0 spiro atoms. The number of benzene rings is 1. The van der Waals surface area contributed by atoms with Gasteiger partial charge in [-0.2, -0.15) is 5.10 Å². The molecule has 2 rings (SSSR count). The first kappa shape index (κ1) is 14.2. The molecule has 0 aliphatic heterocycles. The molecule has 0 radical (unpaired) electrons. The number of amides is 1. The van der Waals surface area contributed by atoms with Crippen molar-refractivity contribution in [1.29, 1.82) is 0 Å². The summed E-state index contributed by atoms with van der Waals surface area (Å²) in [6.45, 7) is 3.68. The van der Waals surface area contributed by atoms with Gasteiger partial charge in [0.2, 0.25) is 0 Å². The molecule has 20 heavy (non-hydrogen) atoms. The van der Waals surface area contributed by atoms with E-state index in [-0.39, 0.29) is 5.91 Å². The number of ether oxygens (including phenoxy) is 1. The van der Waals surface area contributed by atoms with Crippen LogP contribution in [0, 0.1) is 13.8 Å². The van der Waals surface area contributed by atoms with E-state index in [1.165, 1.54) is 11.3 Å². The highest BCUT2D eigenvalue weighted by Crippen LogP contribution is 2.16. The van der Waals surface area contributed by atoms with Crippen molar-refractivity contribution in [3.63, 3.8) is 0 Å². The van der Waals surface area contributed by atoms with Crippen molar-refractivity contribution in [3.05, 3.63) is 45.4 Å². The highest BCUT2D eigenvalue weighted by atomic mass is 32.1. The van der Waals surface area contributed by atoms with Gasteiger partial charge >= 0.3 is 0 Å². The van der Waals surface area contributed by atoms with Gasteiger partial charge in [-0.05, 0) is 43.7 Å². The number of carbonyl (C=O) groups is 1. The van der Waals surface area contributed by atoms with Crippen LogP contribution in [0.25, 0.3) is 0 Å². The maximum absolute atomic E-state index is 11.9. The first-order valence-electron chi connectivity index (χ1n) is 6.01. The molecule has 0 saturated carbocycles. The zero-order valence-electron chi connectivity index (χ0n) is 11.5. The molecule has 104 valence electrons. The average molecular weight is 289 g/mol. The Kier molecular flexibility index (Phi) is 4.47. The van der Waals surface area contributed by atoms with Crippen LogP contribution in [-0.2, 0) is 0 Å². The molecule has 0 aliphatic carbocycles. The molecule has 0 saturated heterocycles. The minimum atomic E-state index is -0.238. The molecule has 1 amide bonds. The van der Waals surface area contributed by atoms with Crippen molar-refractivity contribution in [3.8, 4) is 5.75 Å². The van der Waals surface area contributed by atoms with Gasteiger partial charge in [0.25, 0.3) is 5.91 Å². The van der Waals surface area contributed by atoms with Crippen LogP contribution < -0.4 is 10.2 Å². The Labute approximate surface area is 121 Å². The Morgan fingerprint density at radius 1 is 1.35 bits per heavy atom. The van der Waals surface area contributed by atoms with Gasteiger partial charge in [-0.15, -0.1) is 11.3 Å². The van der Waals surface area contributed by atoms with Crippen LogP contribution in [0.15, 0.2) is 29.4 Å². The lowest BCUT2D eigenvalue weighted by molar-refractivity contribution is 0.0958. The largest absolute Gasteiger partial charge is 0.497 e. The minimum Gasteiger partial charge on any atom is -0.497 e. The number of nitrogens with one attached hydrogen (secondary N) is 1. The van der Waals surface area contributed by atoms with Crippen LogP contribution in [0.3, 0.4) is 0 Å². The lowest BCUT2D eigenvalue weighted by Crippen LogP contribution is -2.17. The van der Waals surface area contributed by atoms with Gasteiger partial charge in [0, 0.05) is 0 Å². The van der Waals surface area contributed by atoms with Crippen LogP contribution in [-0.4, -0.2) is 24.2 Å². The van der Waals surface area contributed by atoms with E-state index >= 15 is 0 Å². The minimum absolute atomic E-state index is 0.238. The molecule has 0 atom stereocenters. The quantitative estimate of drug-likeness (QED) is 0.695. The third kappa shape index (κ3) is 3.42. The van der Waals surface area contributed by atoms with Gasteiger partial charge in [-0.3, -0.25) is 4.79 Å². The number of aromatic nitrogens is 1. The summed E-state index contributed by atoms with van der Waals surface area (Å²) < 4.78 is 5.07. The molecule has 1 heterocycles. The van der Waals surface area contributed by atoms with E-state index in [2.05, 4.69) is 15.5 Å². The fraction of sp³-hybridized carbons (Fsp3) is 0.214. The second-order valence-corrected chi connectivity index (χ2v) is 5.32. The number of hydrogen-bond donors (Lipinski definition) is 1. The highest BCUT2D eigenvalue weighted by Gasteiger charge is 2.12. The Morgan fingerprint density at radius 2 is 2.05 bits per heavy atom. The van der Waals surface area contributed by atoms with Crippen molar-refractivity contribution < 1.29 is 9.53 Å². The first-order valence-corrected chi connectivity index (χ1v) is 6.83. The third-order valence-electron chi connectivity index (χ3n) is 2.61. The van der Waals surface area contributed by atoms with Crippen molar-refractivity contribution in [2.75, 3.05) is 7.11 Å². The smallest absolute Gasteiger partial charge is 0.283 e. The first-order chi connectivity index (χ1) is 9.60. The van der Waals surface area contributed by atoms with Crippen LogP contribution in [0.2, 0.25) is 0 Å². The predicted octanol–water partition coefficient (Wildman–Crippen LogP) is 2.53. The van der Waals surface area contributed by atoms with E-state index in [1.807, 2.05) is 38.1 Å². The van der Waals surface area contributed by atoms with Crippen molar-refractivity contribution in [1.82, 2.24) is 10.4 Å². The molecule has 1 aromatic heterocycles. The summed E-state index contributed by atoms with van der Waals surface area (Å²) in [6, 6.07) is 7.38. The molecule has 1 N–H and O–H groups in total. The molecule has 0 aliphatic rings. The lowest BCUT2D eigenvalue weighted by Gasteiger charge is -1.99. The van der Waals surface area contributed by atoms with Gasteiger partial charge in [0.15, 0.2) is 0 Å². The van der Waals surface area contributed by atoms with Crippen LogP contribution in [0.5, 0.6) is 5.75 Å². The monoisotopic (exact) mass is 289 g/mol. The second-order valence-electron chi connectivity index (χ2n) is 4.12. The van der Waals surface area contributed by atoms with Crippen LogP contribution in [0.1, 0.15) is 25.9 Å². The lowest BCUT2D eigenvalue weighted by atomic mass is 10.2. The summed E-state index contributed by atoms with van der Waals surface area (Å²) in [4.78, 5) is 16.7. The third-order valence-corrected chi connectivity index (χ3v) is 3.68. The molecular formula is C14H15N3O2S. The molecular weight excluding hydrogens is 274 g/mol. The fourth-order valence-electron chi connectivity index (χ4n) is 1.65. The number of hydrogen-bond acceptors (Lipinski definition) is 5. The standard InChI is InChI=1S/C14H15N3O2S/c1-9-13(20-10(2)16-9)14(18)17-15-8-11-4-6-12(19-3)7-5-11/h4-8H,1-3H3,(H,17,18)/b15-8-. The second kappa shape index (κ2) is 6.29. The number of methoxy groups -OCH3 is 1. The van der Waals surface area contributed by atoms with Crippen molar-refractivity contribution in [2.45, 2.75) is 13.8 Å². The van der Waals surface area contributed by atoms with Gasteiger partial charge in [-0.25, -0.2) is 10.4 Å². The molecule has 6 heteroatoms. The van der Waals surface area contributed by atoms with E-state index in [4.69, 9.17) is 4.74 Å². The Bertz CT molecular complexity index is 632. The number of nitrogens with zero attached hydrogens (tertiary/aromatic N) is 2. The maximum atomic E-state index is 11.9. The van der Waals surface area contributed by atoms with E-state index < -0.39 is 0 Å². The average Bonchev–Trinajstić information content (AvgIpc) is 2.78. The number of aryl methyl sites for hydroxylation is 2. The van der Waals surface area contributed by atoms with Gasteiger partial charge < -0.3 is 4.74 Å². The maximum Gasteiger partial charge on any atom is 0.283 e. The Morgan fingerprint density at radius 3 is 2.60 bits per heavy atom. The van der Waals surface area contributed by atoms with E-state index in [0.717, 1.165) is 22.0 Å². The zero-order chi connectivity index (χ0) is 14.5. The van der Waals surface area contributed by atoms with Crippen molar-refractivity contribution in [2.24, 2.45) is 5.10 Å². The van der Waals surface area contributed by atoms with Crippen LogP contribution >= 0.6 is 11.3 Å². The highest BCUT2D eigenvalue weighted by molar-refractivity contribution is 7.13. The molecule has 0 bridgehead atoms. The summed E-state index contributed by atoms with van der Waals surface area (Å²) in [5, 5.41) is 4.80. The van der Waals surface area contributed by atoms with E-state index in [9.17, 15) is 4.79 Å². The Balaban J connectivity index is 1.98. The SMILES string of the molecule is COc1ccc(/C=N\NC(=O)c2sc(C)nc2C)cc1. The molecule has 2 aromatic rings. The van der Waals surface area contributed by atoms with E-state index in [0.29, 0.717) is 4.88 Å². The number of thiazole rings is 1. The fourth-order valence-corrected chi connectivity index (χ4v) is 2.46. The molecule has 0 unspecified atom stereocenters. The number of carbonyl (C=O) groups excluding carboxylic acids is 1. The zero-order valence-corrected chi connectivity index (χ0v) is 12.3. The molecule has 5 nitrogen and oxygen atoms in total. The molecule has 1 aromatic carbocycles. The topological polar surface area (TPSA) is 63.6 Å². The molecule has 0 fully saturated rings. The van der Waals surface area contributed by atoms with Crippen LogP contribution in [0.4, 0.5) is 0 Å². The number of rotatable bonds is 4. The van der Waals surface area contributed by atoms with E-state index in [1.54, 1.807) is 13.3 Å². The normalized spacial score (nSPS) is 10.8. The predicted molar refractivity (Wildman–Crippen MR) is 79.6 cm³/mol. The Hall–Kier alpha value is -2.21. The summed E-state index contributed by atoms with van der Waals surface area (Å²) >= 11 is 1.36.